The van der Waals surface area contributed by atoms with Gasteiger partial charge in [0.2, 0.25) is 0 Å². The average molecular weight is 473 g/mol. The van der Waals surface area contributed by atoms with Gasteiger partial charge in [0.05, 0.1) is 7.11 Å². The molecule has 0 radical (unpaired) electrons. The standard InChI is InChI=1S/C31H52O3/c1-4-5-6-7-8-9-10-11-12-13-14-15-16-17-18-19-20-24-27-31(28(2)32,30(33)34-3)29-25-22-21-23-26-29/h21-23,25-26H,4-20,24,27H2,1-3H3. The molecule has 194 valence electrons. The maximum atomic E-state index is 12.6. The lowest BCUT2D eigenvalue weighted by molar-refractivity contribution is -0.152. The van der Waals surface area contributed by atoms with E-state index in [2.05, 4.69) is 6.92 Å². The molecule has 1 aromatic carbocycles. The normalized spacial score (nSPS) is 12.9. The Bertz CT molecular complexity index is 639. The van der Waals surface area contributed by atoms with Crippen LogP contribution >= 0.6 is 0 Å². The predicted molar refractivity (Wildman–Crippen MR) is 144 cm³/mol. The molecule has 3 nitrogen and oxygen atoms in total. The topological polar surface area (TPSA) is 43.4 Å². The van der Waals surface area contributed by atoms with Crippen LogP contribution in [0.1, 0.15) is 141 Å². The lowest BCUT2D eigenvalue weighted by Gasteiger charge is -2.29. The Labute approximate surface area is 210 Å². The summed E-state index contributed by atoms with van der Waals surface area (Å²) in [5.41, 5.74) is -0.410. The summed E-state index contributed by atoms with van der Waals surface area (Å²) < 4.78 is 5.06. The van der Waals surface area contributed by atoms with E-state index in [1.54, 1.807) is 0 Å². The highest BCUT2D eigenvalue weighted by atomic mass is 16.5. The Balaban J connectivity index is 2.09. The minimum atomic E-state index is -1.16. The Morgan fingerprint density at radius 2 is 1.03 bits per heavy atom. The first-order chi connectivity index (χ1) is 16.6. The molecule has 0 aliphatic rings. The van der Waals surface area contributed by atoms with Crippen molar-refractivity contribution in [3.05, 3.63) is 35.9 Å². The predicted octanol–water partition coefficient (Wildman–Crippen LogP) is 9.12. The van der Waals surface area contributed by atoms with E-state index in [-0.39, 0.29) is 5.78 Å². The highest BCUT2D eigenvalue weighted by molar-refractivity contribution is 6.08. The summed E-state index contributed by atoms with van der Waals surface area (Å²) in [6, 6.07) is 9.40. The number of carbonyl (C=O) groups is 2. The number of ether oxygens (including phenoxy) is 1. The number of hydrogen-bond acceptors (Lipinski definition) is 3. The quantitative estimate of drug-likeness (QED) is 0.0959. The van der Waals surface area contributed by atoms with Gasteiger partial charge in [-0.15, -0.1) is 0 Å². The van der Waals surface area contributed by atoms with Crippen LogP contribution in [0.4, 0.5) is 0 Å². The summed E-state index contributed by atoms with van der Waals surface area (Å²) in [5.74, 6) is -0.560. The number of ketones is 1. The highest BCUT2D eigenvalue weighted by Crippen LogP contribution is 2.33. The molecule has 1 unspecified atom stereocenters. The van der Waals surface area contributed by atoms with Crippen molar-refractivity contribution in [3.8, 4) is 0 Å². The van der Waals surface area contributed by atoms with E-state index in [4.69, 9.17) is 4.74 Å². The van der Waals surface area contributed by atoms with Crippen LogP contribution in [0.3, 0.4) is 0 Å². The number of benzene rings is 1. The molecule has 34 heavy (non-hydrogen) atoms. The van der Waals surface area contributed by atoms with E-state index in [1.165, 1.54) is 117 Å². The molecule has 0 saturated carbocycles. The van der Waals surface area contributed by atoms with E-state index >= 15 is 0 Å². The third-order valence-electron chi connectivity index (χ3n) is 7.31. The van der Waals surface area contributed by atoms with Crippen molar-refractivity contribution >= 4 is 11.8 Å². The van der Waals surface area contributed by atoms with Gasteiger partial charge in [-0.2, -0.15) is 0 Å². The Morgan fingerprint density at radius 3 is 1.38 bits per heavy atom. The fourth-order valence-electron chi connectivity index (χ4n) is 5.08. The fraction of sp³-hybridized carbons (Fsp3) is 0.742. The lowest BCUT2D eigenvalue weighted by Crippen LogP contribution is -2.43. The molecule has 3 heteroatoms. The fourth-order valence-corrected chi connectivity index (χ4v) is 5.08. The first kappa shape index (κ1) is 30.4. The van der Waals surface area contributed by atoms with E-state index in [0.29, 0.717) is 6.42 Å². The molecule has 0 amide bonds. The van der Waals surface area contributed by atoms with Crippen molar-refractivity contribution in [3.63, 3.8) is 0 Å². The van der Waals surface area contributed by atoms with E-state index in [0.717, 1.165) is 18.4 Å². The van der Waals surface area contributed by atoms with Crippen LogP contribution in [-0.4, -0.2) is 18.9 Å². The van der Waals surface area contributed by atoms with Gasteiger partial charge in [-0.1, -0.05) is 153 Å². The second kappa shape index (κ2) is 19.6. The summed E-state index contributed by atoms with van der Waals surface area (Å²) >= 11 is 0. The summed E-state index contributed by atoms with van der Waals surface area (Å²) in [6.45, 7) is 3.79. The van der Waals surface area contributed by atoms with Crippen LogP contribution in [0.5, 0.6) is 0 Å². The van der Waals surface area contributed by atoms with Gasteiger partial charge < -0.3 is 4.74 Å². The van der Waals surface area contributed by atoms with Gasteiger partial charge in [-0.25, -0.2) is 0 Å². The average Bonchev–Trinajstić information content (AvgIpc) is 2.85. The number of carbonyl (C=O) groups excluding carboxylic acids is 2. The molecule has 0 heterocycles. The lowest BCUT2D eigenvalue weighted by atomic mass is 9.73. The second-order valence-corrected chi connectivity index (χ2v) is 10.1. The van der Waals surface area contributed by atoms with Crippen molar-refractivity contribution in [2.24, 2.45) is 0 Å². The number of hydrogen-bond donors (Lipinski definition) is 0. The Hall–Kier alpha value is -1.64. The van der Waals surface area contributed by atoms with Crippen LogP contribution in [-0.2, 0) is 19.7 Å². The molecule has 1 rings (SSSR count). The molecule has 0 aliphatic carbocycles. The SMILES string of the molecule is CCCCCCCCCCCCCCCCCCCCC(C(C)=O)(C(=O)OC)c1ccccc1. The highest BCUT2D eigenvalue weighted by Gasteiger charge is 2.45. The Morgan fingerprint density at radius 1 is 0.647 bits per heavy atom. The number of rotatable bonds is 22. The zero-order valence-corrected chi connectivity index (χ0v) is 22.5. The Kier molecular flexibility index (Phi) is 17.6. The van der Waals surface area contributed by atoms with Gasteiger partial charge >= 0.3 is 5.97 Å². The van der Waals surface area contributed by atoms with Crippen LogP contribution in [0.2, 0.25) is 0 Å². The molecule has 0 fully saturated rings. The molecule has 1 aromatic rings. The maximum absolute atomic E-state index is 12.6. The molecule has 0 aliphatic heterocycles. The van der Waals surface area contributed by atoms with Crippen LogP contribution in [0.15, 0.2) is 30.3 Å². The van der Waals surface area contributed by atoms with Crippen molar-refractivity contribution in [2.75, 3.05) is 7.11 Å². The van der Waals surface area contributed by atoms with E-state index in [1.807, 2.05) is 30.3 Å². The molecule has 0 saturated heterocycles. The molecule has 0 aromatic heterocycles. The minimum absolute atomic E-state index is 0.127. The van der Waals surface area contributed by atoms with Crippen LogP contribution < -0.4 is 0 Å². The van der Waals surface area contributed by atoms with Gasteiger partial charge in [-0.05, 0) is 18.9 Å². The molecular formula is C31H52O3. The molecule has 0 N–H and O–H groups in total. The number of unbranched alkanes of at least 4 members (excludes halogenated alkanes) is 17. The van der Waals surface area contributed by atoms with Crippen LogP contribution in [0.25, 0.3) is 0 Å². The van der Waals surface area contributed by atoms with Crippen molar-refractivity contribution in [1.29, 1.82) is 0 Å². The monoisotopic (exact) mass is 472 g/mol. The molecular weight excluding hydrogens is 420 g/mol. The largest absolute Gasteiger partial charge is 0.468 e. The number of methoxy groups -OCH3 is 1. The van der Waals surface area contributed by atoms with Gasteiger partial charge in [-0.3, -0.25) is 9.59 Å². The maximum Gasteiger partial charge on any atom is 0.323 e. The van der Waals surface area contributed by atoms with E-state index in [9.17, 15) is 9.59 Å². The molecule has 0 bridgehead atoms. The minimum Gasteiger partial charge on any atom is -0.468 e. The number of Topliss-reactive ketones (excluding diaryl/α,β-unsaturated/α-hetero) is 1. The molecule has 1 atom stereocenters. The smallest absolute Gasteiger partial charge is 0.323 e. The van der Waals surface area contributed by atoms with Gasteiger partial charge in [0.15, 0.2) is 11.2 Å². The zero-order valence-electron chi connectivity index (χ0n) is 22.5. The zero-order chi connectivity index (χ0) is 24.9. The first-order valence-electron chi connectivity index (χ1n) is 14.2. The van der Waals surface area contributed by atoms with Gasteiger partial charge in [0.1, 0.15) is 0 Å². The third kappa shape index (κ3) is 11.7. The summed E-state index contributed by atoms with van der Waals surface area (Å²) in [4.78, 5) is 25.2. The summed E-state index contributed by atoms with van der Waals surface area (Å²) in [6.07, 6.45) is 24.4. The van der Waals surface area contributed by atoms with Crippen molar-refractivity contribution in [1.82, 2.24) is 0 Å². The second-order valence-electron chi connectivity index (χ2n) is 10.1. The van der Waals surface area contributed by atoms with E-state index < -0.39 is 11.4 Å². The third-order valence-corrected chi connectivity index (χ3v) is 7.31. The van der Waals surface area contributed by atoms with Gasteiger partial charge in [0, 0.05) is 0 Å². The first-order valence-corrected chi connectivity index (χ1v) is 14.2. The number of esters is 1. The van der Waals surface area contributed by atoms with Crippen molar-refractivity contribution < 1.29 is 14.3 Å². The summed E-state index contributed by atoms with van der Waals surface area (Å²) in [7, 11) is 1.37. The van der Waals surface area contributed by atoms with Crippen molar-refractivity contribution in [2.45, 2.75) is 141 Å². The van der Waals surface area contributed by atoms with Gasteiger partial charge in [0.25, 0.3) is 0 Å². The van der Waals surface area contributed by atoms with Crippen LogP contribution in [0, 0.1) is 0 Å². The molecule has 0 spiro atoms. The summed E-state index contributed by atoms with van der Waals surface area (Å²) in [5, 5.41) is 0.